The lowest BCUT2D eigenvalue weighted by Gasteiger charge is -2.03. The van der Waals surface area contributed by atoms with Crippen molar-refractivity contribution in [3.05, 3.63) is 28.4 Å². The van der Waals surface area contributed by atoms with Crippen molar-refractivity contribution in [2.24, 2.45) is 0 Å². The van der Waals surface area contributed by atoms with Crippen LogP contribution in [-0.2, 0) is 10.8 Å². The fourth-order valence-corrected chi connectivity index (χ4v) is 1.67. The van der Waals surface area contributed by atoms with Crippen LogP contribution >= 0.6 is 0 Å². The zero-order chi connectivity index (χ0) is 12.0. The Labute approximate surface area is 95.7 Å². The molecule has 0 fully saturated rings. The number of aromatic nitrogens is 1. The van der Waals surface area contributed by atoms with Gasteiger partial charge in [0.25, 0.3) is 5.69 Å². The molecule has 0 saturated heterocycles. The van der Waals surface area contributed by atoms with E-state index >= 15 is 0 Å². The molecule has 1 aromatic rings. The molecule has 0 aliphatic heterocycles. The van der Waals surface area contributed by atoms with Crippen LogP contribution in [0.15, 0.2) is 18.3 Å². The van der Waals surface area contributed by atoms with E-state index in [0.29, 0.717) is 18.1 Å². The molecule has 0 aromatic carbocycles. The van der Waals surface area contributed by atoms with Gasteiger partial charge in [-0.2, -0.15) is 0 Å². The molecule has 1 rings (SSSR count). The summed E-state index contributed by atoms with van der Waals surface area (Å²) in [5, 5.41) is 13.4. The smallest absolute Gasteiger partial charge is 0.274 e. The molecule has 0 amide bonds. The maximum atomic E-state index is 10.8. The van der Waals surface area contributed by atoms with Crippen molar-refractivity contribution < 1.29 is 9.13 Å². The van der Waals surface area contributed by atoms with Crippen molar-refractivity contribution in [2.45, 2.75) is 6.42 Å². The van der Waals surface area contributed by atoms with Crippen LogP contribution in [0.25, 0.3) is 0 Å². The fraction of sp³-hybridized carbons (Fsp3) is 0.444. The van der Waals surface area contributed by atoms with Gasteiger partial charge < -0.3 is 5.32 Å². The van der Waals surface area contributed by atoms with E-state index in [1.807, 2.05) is 0 Å². The molecular weight excluding hydrogens is 230 g/mol. The number of nitro groups is 1. The Morgan fingerprint density at radius 1 is 1.62 bits per heavy atom. The van der Waals surface area contributed by atoms with Gasteiger partial charge in [0.2, 0.25) is 0 Å². The molecule has 1 aromatic heterocycles. The predicted octanol–water partition coefficient (Wildman–Crippen LogP) is 1.17. The van der Waals surface area contributed by atoms with Crippen molar-refractivity contribution in [1.82, 2.24) is 4.98 Å². The SMILES string of the molecule is CS(=O)CCCNc1cc([N+](=O)[O-])ccn1. The molecule has 1 unspecified atom stereocenters. The second-order valence-electron chi connectivity index (χ2n) is 3.21. The van der Waals surface area contributed by atoms with Gasteiger partial charge in [-0.05, 0) is 6.42 Å². The predicted molar refractivity (Wildman–Crippen MR) is 62.9 cm³/mol. The highest BCUT2D eigenvalue weighted by molar-refractivity contribution is 7.84. The van der Waals surface area contributed by atoms with Gasteiger partial charge in [-0.15, -0.1) is 0 Å². The summed E-state index contributed by atoms with van der Waals surface area (Å²) in [4.78, 5) is 14.0. The third kappa shape index (κ3) is 4.35. The summed E-state index contributed by atoms with van der Waals surface area (Å²) in [5.74, 6) is 1.08. The monoisotopic (exact) mass is 243 g/mol. The largest absolute Gasteiger partial charge is 0.370 e. The quantitative estimate of drug-likeness (QED) is 0.460. The number of pyridine rings is 1. The second-order valence-corrected chi connectivity index (χ2v) is 4.77. The van der Waals surface area contributed by atoms with Crippen molar-refractivity contribution in [3.63, 3.8) is 0 Å². The molecule has 0 aliphatic rings. The van der Waals surface area contributed by atoms with E-state index in [4.69, 9.17) is 0 Å². The molecule has 7 heteroatoms. The lowest BCUT2D eigenvalue weighted by Crippen LogP contribution is -2.07. The Hall–Kier alpha value is -1.50. The molecular formula is C9H13N3O3S. The van der Waals surface area contributed by atoms with E-state index < -0.39 is 15.7 Å². The van der Waals surface area contributed by atoms with Crippen LogP contribution in [-0.4, -0.2) is 32.7 Å². The summed E-state index contributed by atoms with van der Waals surface area (Å²) in [7, 11) is -0.804. The Morgan fingerprint density at radius 3 is 3.00 bits per heavy atom. The number of nitrogens with one attached hydrogen (secondary N) is 1. The van der Waals surface area contributed by atoms with E-state index in [2.05, 4.69) is 10.3 Å². The molecule has 88 valence electrons. The van der Waals surface area contributed by atoms with E-state index in [0.717, 1.165) is 6.42 Å². The van der Waals surface area contributed by atoms with Gasteiger partial charge >= 0.3 is 0 Å². The van der Waals surface area contributed by atoms with Crippen LogP contribution < -0.4 is 5.32 Å². The zero-order valence-corrected chi connectivity index (χ0v) is 9.70. The average Bonchev–Trinajstić information content (AvgIpc) is 2.24. The molecule has 0 radical (unpaired) electrons. The molecule has 1 atom stereocenters. The fourth-order valence-electron chi connectivity index (χ4n) is 1.12. The molecule has 0 bridgehead atoms. The van der Waals surface area contributed by atoms with Gasteiger partial charge in [-0.3, -0.25) is 14.3 Å². The molecule has 0 aliphatic carbocycles. The van der Waals surface area contributed by atoms with Gasteiger partial charge in [-0.25, -0.2) is 4.98 Å². The number of hydrogen-bond donors (Lipinski definition) is 1. The summed E-state index contributed by atoms with van der Waals surface area (Å²) in [6, 6.07) is 2.72. The first-order chi connectivity index (χ1) is 7.59. The normalized spacial score (nSPS) is 12.1. The molecule has 0 saturated carbocycles. The molecule has 6 nitrogen and oxygen atoms in total. The summed E-state index contributed by atoms with van der Waals surface area (Å²) in [6.07, 6.45) is 3.78. The third-order valence-corrected chi connectivity index (χ3v) is 2.73. The number of hydrogen-bond acceptors (Lipinski definition) is 5. The summed E-state index contributed by atoms with van der Waals surface area (Å²) in [6.45, 7) is 0.605. The van der Waals surface area contributed by atoms with E-state index in [9.17, 15) is 14.3 Å². The maximum Gasteiger partial charge on any atom is 0.274 e. The number of anilines is 1. The standard InChI is InChI=1S/C9H13N3O3S/c1-16(15)6-2-4-10-9-7-8(12(13)14)3-5-11-9/h3,5,7H,2,4,6H2,1H3,(H,10,11). The maximum absolute atomic E-state index is 10.8. The summed E-state index contributed by atoms with van der Waals surface area (Å²) < 4.78 is 10.8. The van der Waals surface area contributed by atoms with Gasteiger partial charge in [0, 0.05) is 41.6 Å². The summed E-state index contributed by atoms with van der Waals surface area (Å²) >= 11 is 0. The van der Waals surface area contributed by atoms with Crippen LogP contribution in [0.1, 0.15) is 6.42 Å². The first-order valence-corrected chi connectivity index (χ1v) is 6.46. The first kappa shape index (κ1) is 12.6. The average molecular weight is 243 g/mol. The van der Waals surface area contributed by atoms with Crippen LogP contribution in [0.5, 0.6) is 0 Å². The second kappa shape index (κ2) is 6.16. The van der Waals surface area contributed by atoms with Crippen molar-refractivity contribution in [2.75, 3.05) is 23.9 Å². The van der Waals surface area contributed by atoms with Gasteiger partial charge in [0.15, 0.2) is 0 Å². The number of rotatable bonds is 6. The van der Waals surface area contributed by atoms with Crippen molar-refractivity contribution in [3.8, 4) is 0 Å². The van der Waals surface area contributed by atoms with E-state index in [1.165, 1.54) is 18.3 Å². The minimum atomic E-state index is -0.804. The van der Waals surface area contributed by atoms with Crippen LogP contribution in [0.4, 0.5) is 11.5 Å². The van der Waals surface area contributed by atoms with Gasteiger partial charge in [0.1, 0.15) is 5.82 Å². The Bertz CT molecular complexity index is 397. The van der Waals surface area contributed by atoms with E-state index in [-0.39, 0.29) is 5.69 Å². The van der Waals surface area contributed by atoms with Gasteiger partial charge in [0.05, 0.1) is 11.0 Å². The molecule has 1 heterocycles. The van der Waals surface area contributed by atoms with Crippen LogP contribution in [0.3, 0.4) is 0 Å². The van der Waals surface area contributed by atoms with Crippen molar-refractivity contribution in [1.29, 1.82) is 0 Å². The van der Waals surface area contributed by atoms with Crippen LogP contribution in [0, 0.1) is 10.1 Å². The molecule has 16 heavy (non-hydrogen) atoms. The minimum Gasteiger partial charge on any atom is -0.370 e. The Kier molecular flexibility index (Phi) is 4.84. The molecule has 1 N–H and O–H groups in total. The third-order valence-electron chi connectivity index (χ3n) is 1.87. The first-order valence-electron chi connectivity index (χ1n) is 4.74. The highest BCUT2D eigenvalue weighted by Gasteiger charge is 2.05. The highest BCUT2D eigenvalue weighted by atomic mass is 32.2. The summed E-state index contributed by atoms with van der Waals surface area (Å²) in [5.41, 5.74) is 0.0107. The molecule has 0 spiro atoms. The Balaban J connectivity index is 2.45. The zero-order valence-electron chi connectivity index (χ0n) is 8.88. The van der Waals surface area contributed by atoms with Gasteiger partial charge in [-0.1, -0.05) is 0 Å². The minimum absolute atomic E-state index is 0.0107. The van der Waals surface area contributed by atoms with Crippen LogP contribution in [0.2, 0.25) is 0 Å². The lowest BCUT2D eigenvalue weighted by molar-refractivity contribution is -0.384. The topological polar surface area (TPSA) is 85.1 Å². The van der Waals surface area contributed by atoms with Crippen molar-refractivity contribution >= 4 is 22.3 Å². The lowest BCUT2D eigenvalue weighted by atomic mass is 10.4. The number of nitrogens with zero attached hydrogens (tertiary/aromatic N) is 2. The highest BCUT2D eigenvalue weighted by Crippen LogP contribution is 2.13. The van der Waals surface area contributed by atoms with E-state index in [1.54, 1.807) is 6.26 Å². The Morgan fingerprint density at radius 2 is 2.38 bits per heavy atom.